The van der Waals surface area contributed by atoms with Crippen LogP contribution < -0.4 is 5.32 Å². The third-order valence-corrected chi connectivity index (χ3v) is 4.42. The number of pyridine rings is 3. The van der Waals surface area contributed by atoms with E-state index in [4.69, 9.17) is 4.98 Å². The lowest BCUT2D eigenvalue weighted by molar-refractivity contribution is 1.28. The summed E-state index contributed by atoms with van der Waals surface area (Å²) >= 11 is 0. The zero-order valence-corrected chi connectivity index (χ0v) is 13.8. The maximum Gasteiger partial charge on any atom is 0.140 e. The Bertz CT molecular complexity index is 1210. The van der Waals surface area contributed by atoms with E-state index in [9.17, 15) is 0 Å². The van der Waals surface area contributed by atoms with Crippen LogP contribution in [0.15, 0.2) is 79.4 Å². The second-order valence-corrected chi connectivity index (χ2v) is 6.03. The van der Waals surface area contributed by atoms with Gasteiger partial charge in [0.05, 0.1) is 22.4 Å². The molecule has 0 aliphatic carbocycles. The quantitative estimate of drug-likeness (QED) is 0.490. The first-order valence-electron chi connectivity index (χ1n) is 8.38. The number of benzene rings is 1. The molecule has 0 amide bonds. The summed E-state index contributed by atoms with van der Waals surface area (Å²) in [6, 6.07) is 18.1. The predicted octanol–water partition coefficient (Wildman–Crippen LogP) is 4.92. The largest absolute Gasteiger partial charge is 0.359 e. The van der Waals surface area contributed by atoms with Gasteiger partial charge in [0.25, 0.3) is 0 Å². The maximum atomic E-state index is 4.86. The Kier molecular flexibility index (Phi) is 3.35. The lowest BCUT2D eigenvalue weighted by Crippen LogP contribution is -1.98. The van der Waals surface area contributed by atoms with Gasteiger partial charge in [-0.05, 0) is 42.5 Å². The molecule has 4 heterocycles. The van der Waals surface area contributed by atoms with Crippen molar-refractivity contribution in [1.82, 2.24) is 19.9 Å². The molecule has 5 nitrogen and oxygen atoms in total. The van der Waals surface area contributed by atoms with Crippen molar-refractivity contribution in [2.45, 2.75) is 0 Å². The van der Waals surface area contributed by atoms with Crippen LogP contribution in [-0.4, -0.2) is 19.9 Å². The second kappa shape index (κ2) is 5.97. The molecule has 5 rings (SSSR count). The van der Waals surface area contributed by atoms with E-state index in [1.165, 1.54) is 0 Å². The Labute approximate surface area is 149 Å². The number of H-pyrrole nitrogens is 1. The van der Waals surface area contributed by atoms with Gasteiger partial charge in [-0.25, -0.2) is 4.98 Å². The van der Waals surface area contributed by atoms with Gasteiger partial charge >= 0.3 is 0 Å². The van der Waals surface area contributed by atoms with Crippen molar-refractivity contribution in [3.8, 4) is 11.3 Å². The van der Waals surface area contributed by atoms with Crippen LogP contribution in [0.2, 0.25) is 0 Å². The first kappa shape index (κ1) is 14.6. The van der Waals surface area contributed by atoms with Crippen molar-refractivity contribution in [3.05, 3.63) is 79.4 Å². The van der Waals surface area contributed by atoms with E-state index in [0.717, 1.165) is 44.6 Å². The van der Waals surface area contributed by atoms with Crippen molar-refractivity contribution in [1.29, 1.82) is 0 Å². The van der Waals surface area contributed by atoms with Gasteiger partial charge in [0.15, 0.2) is 0 Å². The summed E-state index contributed by atoms with van der Waals surface area (Å²) in [5, 5.41) is 5.62. The molecule has 0 aliphatic heterocycles. The molecule has 0 unspecified atom stereocenters. The van der Waals surface area contributed by atoms with Crippen molar-refractivity contribution in [2.24, 2.45) is 0 Å². The van der Waals surface area contributed by atoms with Gasteiger partial charge in [-0.2, -0.15) is 0 Å². The highest BCUT2D eigenvalue weighted by atomic mass is 15.0. The average Bonchev–Trinajstić information content (AvgIpc) is 3.18. The number of rotatable bonds is 3. The molecule has 0 fully saturated rings. The molecule has 0 saturated heterocycles. The predicted molar refractivity (Wildman–Crippen MR) is 104 cm³/mol. The molecule has 1 aromatic carbocycles. The van der Waals surface area contributed by atoms with Gasteiger partial charge in [0, 0.05) is 41.1 Å². The van der Waals surface area contributed by atoms with Crippen LogP contribution in [-0.2, 0) is 0 Å². The van der Waals surface area contributed by atoms with Crippen LogP contribution in [0.25, 0.3) is 33.1 Å². The van der Waals surface area contributed by atoms with Gasteiger partial charge in [-0.15, -0.1) is 0 Å². The minimum atomic E-state index is 0.782. The Morgan fingerprint density at radius 2 is 1.81 bits per heavy atom. The molecule has 2 N–H and O–H groups in total. The number of hydrogen-bond acceptors (Lipinski definition) is 4. The number of nitrogens with zero attached hydrogens (tertiary/aromatic N) is 3. The van der Waals surface area contributed by atoms with Gasteiger partial charge in [-0.3, -0.25) is 9.97 Å². The number of hydrogen-bond donors (Lipinski definition) is 2. The standard InChI is InChI=1S/C21H15N5/c1-3-15-8-12-24-20(15)17(5-1)25-21-16-4-2-9-23-19(16)13-18(26-21)14-6-10-22-11-7-14/h1-13,24H,(H,25,26). The first-order chi connectivity index (χ1) is 12.9. The Balaban J connectivity index is 1.70. The zero-order chi connectivity index (χ0) is 17.3. The Morgan fingerprint density at radius 3 is 2.73 bits per heavy atom. The smallest absolute Gasteiger partial charge is 0.140 e. The summed E-state index contributed by atoms with van der Waals surface area (Å²) in [6.07, 6.45) is 7.28. The van der Waals surface area contributed by atoms with Gasteiger partial charge in [0.2, 0.25) is 0 Å². The molecular weight excluding hydrogens is 322 g/mol. The summed E-state index contributed by atoms with van der Waals surface area (Å²) in [7, 11) is 0. The minimum Gasteiger partial charge on any atom is -0.359 e. The van der Waals surface area contributed by atoms with Crippen molar-refractivity contribution >= 4 is 33.3 Å². The Hall–Kier alpha value is -3.73. The van der Waals surface area contributed by atoms with E-state index in [1.54, 1.807) is 18.6 Å². The lowest BCUT2D eigenvalue weighted by Gasteiger charge is -2.12. The van der Waals surface area contributed by atoms with Crippen molar-refractivity contribution in [2.75, 3.05) is 5.32 Å². The molecule has 0 atom stereocenters. The van der Waals surface area contributed by atoms with Gasteiger partial charge < -0.3 is 10.3 Å². The third-order valence-electron chi connectivity index (χ3n) is 4.42. The minimum absolute atomic E-state index is 0.782. The lowest BCUT2D eigenvalue weighted by atomic mass is 10.1. The number of nitrogens with one attached hydrogen (secondary N) is 2. The van der Waals surface area contributed by atoms with E-state index in [-0.39, 0.29) is 0 Å². The zero-order valence-electron chi connectivity index (χ0n) is 13.8. The summed E-state index contributed by atoms with van der Waals surface area (Å²) in [4.78, 5) is 16.8. The monoisotopic (exact) mass is 337 g/mol. The summed E-state index contributed by atoms with van der Waals surface area (Å²) < 4.78 is 0. The van der Waals surface area contributed by atoms with Crippen LogP contribution >= 0.6 is 0 Å². The van der Waals surface area contributed by atoms with Crippen LogP contribution in [0.3, 0.4) is 0 Å². The van der Waals surface area contributed by atoms with E-state index < -0.39 is 0 Å². The fourth-order valence-electron chi connectivity index (χ4n) is 3.16. The molecule has 5 aromatic rings. The third kappa shape index (κ3) is 2.46. The molecular formula is C21H15N5. The molecule has 124 valence electrons. The molecule has 0 spiro atoms. The van der Waals surface area contributed by atoms with Gasteiger partial charge in [-0.1, -0.05) is 12.1 Å². The highest BCUT2D eigenvalue weighted by molar-refractivity contribution is 5.98. The normalized spacial score (nSPS) is 11.1. The fraction of sp³-hybridized carbons (Fsp3) is 0. The van der Waals surface area contributed by atoms with E-state index in [2.05, 4.69) is 32.4 Å². The van der Waals surface area contributed by atoms with E-state index in [0.29, 0.717) is 0 Å². The number of aromatic amines is 1. The highest BCUT2D eigenvalue weighted by Gasteiger charge is 2.10. The van der Waals surface area contributed by atoms with Crippen LogP contribution in [0.4, 0.5) is 11.5 Å². The molecule has 26 heavy (non-hydrogen) atoms. The molecule has 4 aromatic heterocycles. The van der Waals surface area contributed by atoms with E-state index >= 15 is 0 Å². The summed E-state index contributed by atoms with van der Waals surface area (Å²) in [5.74, 6) is 0.782. The summed E-state index contributed by atoms with van der Waals surface area (Å²) in [5.41, 5.74) is 4.81. The molecule has 0 bridgehead atoms. The second-order valence-electron chi connectivity index (χ2n) is 6.03. The number of fused-ring (bicyclic) bond motifs is 2. The maximum absolute atomic E-state index is 4.86. The highest BCUT2D eigenvalue weighted by Crippen LogP contribution is 2.30. The van der Waals surface area contributed by atoms with Gasteiger partial charge in [0.1, 0.15) is 5.82 Å². The van der Waals surface area contributed by atoms with Crippen molar-refractivity contribution < 1.29 is 0 Å². The average molecular weight is 337 g/mol. The number of para-hydroxylation sites is 1. The van der Waals surface area contributed by atoms with Crippen molar-refractivity contribution in [3.63, 3.8) is 0 Å². The number of anilines is 2. The number of aromatic nitrogens is 4. The van der Waals surface area contributed by atoms with E-state index in [1.807, 2.05) is 48.7 Å². The summed E-state index contributed by atoms with van der Waals surface area (Å²) in [6.45, 7) is 0. The van der Waals surface area contributed by atoms with Crippen LogP contribution in [0.5, 0.6) is 0 Å². The Morgan fingerprint density at radius 1 is 0.885 bits per heavy atom. The topological polar surface area (TPSA) is 66.5 Å². The SMILES string of the molecule is c1cc(Nc2nc(-c3ccncc3)cc3ncccc23)c2[nH]ccc2c1. The van der Waals surface area contributed by atoms with Crippen LogP contribution in [0, 0.1) is 0 Å². The molecule has 0 saturated carbocycles. The molecule has 5 heteroatoms. The molecule has 0 radical (unpaired) electrons. The molecule has 0 aliphatic rings. The van der Waals surface area contributed by atoms with Crippen LogP contribution in [0.1, 0.15) is 0 Å². The first-order valence-corrected chi connectivity index (χ1v) is 8.38. The fourth-order valence-corrected chi connectivity index (χ4v) is 3.16.